The first-order valence-corrected chi connectivity index (χ1v) is 10.6. The van der Waals surface area contributed by atoms with E-state index in [0.717, 1.165) is 57.1 Å². The fraction of sp³-hybridized carbons (Fsp3) is 0.900. The van der Waals surface area contributed by atoms with Crippen molar-refractivity contribution in [3.63, 3.8) is 0 Å². The van der Waals surface area contributed by atoms with E-state index in [-0.39, 0.29) is 0 Å². The van der Waals surface area contributed by atoms with Crippen LogP contribution in [-0.2, 0) is 0 Å². The normalized spacial score (nSPS) is 27.5. The maximum atomic E-state index is 9.12. The van der Waals surface area contributed by atoms with Crippen molar-refractivity contribution >= 4 is 5.96 Å². The Kier molecular flexibility index (Phi) is 7.15. The highest BCUT2D eigenvalue weighted by molar-refractivity contribution is 5.82. The second-order valence-corrected chi connectivity index (χ2v) is 8.25. The molecule has 0 aromatic rings. The molecule has 0 spiro atoms. The van der Waals surface area contributed by atoms with Crippen molar-refractivity contribution in [3.05, 3.63) is 0 Å². The van der Waals surface area contributed by atoms with Crippen molar-refractivity contribution in [2.75, 3.05) is 52.4 Å². The molecule has 0 bridgehead atoms. The Morgan fingerprint density at radius 2 is 1.35 bits per heavy atom. The Morgan fingerprint density at radius 3 is 1.73 bits per heavy atom. The molecule has 0 N–H and O–H groups in total. The number of aliphatic imine (C=N–C) groups is 1. The van der Waals surface area contributed by atoms with E-state index >= 15 is 0 Å². The molecule has 2 atom stereocenters. The van der Waals surface area contributed by atoms with Gasteiger partial charge in [-0.05, 0) is 65.5 Å². The number of nitrogens with zero attached hydrogens (tertiary/aromatic N) is 6. The quantitative estimate of drug-likeness (QED) is 0.621. The molecule has 0 aromatic heterocycles. The van der Waals surface area contributed by atoms with Gasteiger partial charge in [0, 0.05) is 51.4 Å². The van der Waals surface area contributed by atoms with Gasteiger partial charge in [-0.3, -0.25) is 0 Å². The minimum Gasteiger partial charge on any atom is -0.340 e. The lowest BCUT2D eigenvalue weighted by Crippen LogP contribution is -2.37. The second kappa shape index (κ2) is 9.57. The first-order valence-electron chi connectivity index (χ1n) is 10.6. The molecule has 0 aliphatic carbocycles. The summed E-state index contributed by atoms with van der Waals surface area (Å²) in [6, 6.07) is 1.48. The number of guanidine groups is 1. The third-order valence-corrected chi connectivity index (χ3v) is 6.48. The number of nitriles is 1. The van der Waals surface area contributed by atoms with Crippen LogP contribution in [0.5, 0.6) is 0 Å². The van der Waals surface area contributed by atoms with Crippen molar-refractivity contribution in [2.45, 2.75) is 64.5 Å². The second-order valence-electron chi connectivity index (χ2n) is 8.25. The van der Waals surface area contributed by atoms with Crippen LogP contribution in [-0.4, -0.2) is 90.0 Å². The summed E-state index contributed by atoms with van der Waals surface area (Å²) in [7, 11) is 0. The van der Waals surface area contributed by atoms with Gasteiger partial charge >= 0.3 is 0 Å². The van der Waals surface area contributed by atoms with Crippen LogP contribution in [0.1, 0.15) is 52.4 Å². The summed E-state index contributed by atoms with van der Waals surface area (Å²) in [4.78, 5) is 14.0. The fourth-order valence-corrected chi connectivity index (χ4v) is 4.83. The predicted molar refractivity (Wildman–Crippen MR) is 106 cm³/mol. The molecule has 3 rings (SSSR count). The summed E-state index contributed by atoms with van der Waals surface area (Å²) in [6.07, 6.45) is 9.72. The minimum absolute atomic E-state index is 0.741. The molecule has 0 radical (unpaired) electrons. The van der Waals surface area contributed by atoms with Crippen molar-refractivity contribution in [2.24, 2.45) is 4.99 Å². The first-order chi connectivity index (χ1) is 12.7. The number of likely N-dealkylation sites (tertiary alicyclic amines) is 2. The van der Waals surface area contributed by atoms with Gasteiger partial charge in [0.05, 0.1) is 0 Å². The Balaban J connectivity index is 1.41. The lowest BCUT2D eigenvalue weighted by atomic mass is 10.2. The van der Waals surface area contributed by atoms with Crippen LogP contribution < -0.4 is 0 Å². The van der Waals surface area contributed by atoms with Gasteiger partial charge < -0.3 is 19.6 Å². The Hall–Kier alpha value is -1.32. The van der Waals surface area contributed by atoms with Gasteiger partial charge in [0.2, 0.25) is 12.2 Å². The zero-order chi connectivity index (χ0) is 18.4. The van der Waals surface area contributed by atoms with E-state index in [2.05, 4.69) is 38.4 Å². The molecule has 146 valence electrons. The van der Waals surface area contributed by atoms with E-state index in [1.807, 2.05) is 6.19 Å². The molecule has 3 aliphatic rings. The topological polar surface area (TPSA) is 49.1 Å². The van der Waals surface area contributed by atoms with Gasteiger partial charge in [-0.25, -0.2) is 0 Å². The highest BCUT2D eigenvalue weighted by atomic mass is 15.4. The van der Waals surface area contributed by atoms with E-state index in [9.17, 15) is 0 Å². The zero-order valence-corrected chi connectivity index (χ0v) is 16.7. The van der Waals surface area contributed by atoms with Crippen LogP contribution in [0.4, 0.5) is 0 Å². The molecule has 3 aliphatic heterocycles. The van der Waals surface area contributed by atoms with E-state index in [4.69, 9.17) is 5.26 Å². The summed E-state index contributed by atoms with van der Waals surface area (Å²) in [5, 5.41) is 9.12. The van der Waals surface area contributed by atoms with Gasteiger partial charge in [-0.2, -0.15) is 5.26 Å². The van der Waals surface area contributed by atoms with Crippen LogP contribution in [0, 0.1) is 11.5 Å². The van der Waals surface area contributed by atoms with Crippen molar-refractivity contribution in [1.29, 1.82) is 5.26 Å². The Labute approximate surface area is 159 Å². The molecule has 0 aromatic carbocycles. The van der Waals surface area contributed by atoms with E-state index in [1.165, 1.54) is 51.9 Å². The van der Waals surface area contributed by atoms with Crippen LogP contribution in [0.25, 0.3) is 0 Å². The van der Waals surface area contributed by atoms with Crippen molar-refractivity contribution in [3.8, 4) is 6.19 Å². The van der Waals surface area contributed by atoms with E-state index < -0.39 is 0 Å². The molecule has 0 amide bonds. The van der Waals surface area contributed by atoms with Crippen molar-refractivity contribution < 1.29 is 0 Å². The van der Waals surface area contributed by atoms with E-state index in [1.54, 1.807) is 0 Å². The maximum Gasteiger partial charge on any atom is 0.212 e. The van der Waals surface area contributed by atoms with Crippen LogP contribution in [0.3, 0.4) is 0 Å². The van der Waals surface area contributed by atoms with Crippen LogP contribution >= 0.6 is 0 Å². The lowest BCUT2D eigenvalue weighted by molar-refractivity contribution is 0.254. The number of hydrogen-bond acceptors (Lipinski definition) is 4. The highest BCUT2D eigenvalue weighted by Gasteiger charge is 2.27. The number of rotatable bonds is 8. The zero-order valence-electron chi connectivity index (χ0n) is 16.7. The molecular formula is C20H36N6. The summed E-state index contributed by atoms with van der Waals surface area (Å²) in [6.45, 7) is 13.6. The molecule has 3 heterocycles. The van der Waals surface area contributed by atoms with E-state index in [0.29, 0.717) is 0 Å². The average molecular weight is 361 g/mol. The average Bonchev–Trinajstić information content (AvgIpc) is 3.32. The monoisotopic (exact) mass is 360 g/mol. The standard InChI is InChI=1S/C20H36N6/c1-18-7-3-9-23(18)11-5-13-25-15-16-26(20(25)22-17-21)14-6-12-24-10-4-8-19(24)2/h18-19H,3-16H2,1-2H3. The molecular weight excluding hydrogens is 324 g/mol. The number of hydrogen-bond donors (Lipinski definition) is 0. The van der Waals surface area contributed by atoms with Gasteiger partial charge in [-0.1, -0.05) is 0 Å². The summed E-state index contributed by atoms with van der Waals surface area (Å²) in [5.74, 6) is 0.913. The molecule has 0 saturated carbocycles. The molecule has 6 heteroatoms. The minimum atomic E-state index is 0.741. The van der Waals surface area contributed by atoms with Gasteiger partial charge in [0.1, 0.15) is 0 Å². The smallest absolute Gasteiger partial charge is 0.212 e. The Morgan fingerprint density at radius 1 is 0.846 bits per heavy atom. The summed E-state index contributed by atoms with van der Waals surface area (Å²) < 4.78 is 0. The third kappa shape index (κ3) is 4.89. The maximum absolute atomic E-state index is 9.12. The molecule has 2 unspecified atom stereocenters. The fourth-order valence-electron chi connectivity index (χ4n) is 4.83. The summed E-state index contributed by atoms with van der Waals surface area (Å²) >= 11 is 0. The first kappa shape index (κ1) is 19.4. The molecule has 3 saturated heterocycles. The van der Waals surface area contributed by atoms with Crippen LogP contribution in [0.2, 0.25) is 0 Å². The third-order valence-electron chi connectivity index (χ3n) is 6.48. The highest BCUT2D eigenvalue weighted by Crippen LogP contribution is 2.18. The SMILES string of the molecule is CC1CCCN1CCCN1CCN(CCCN2CCCC2C)C1=NC#N. The molecule has 6 nitrogen and oxygen atoms in total. The predicted octanol–water partition coefficient (Wildman–Crippen LogP) is 2.19. The molecule has 26 heavy (non-hydrogen) atoms. The largest absolute Gasteiger partial charge is 0.340 e. The Bertz CT molecular complexity index is 477. The van der Waals surface area contributed by atoms with Gasteiger partial charge in [-0.15, -0.1) is 4.99 Å². The summed E-state index contributed by atoms with van der Waals surface area (Å²) in [5.41, 5.74) is 0. The lowest BCUT2D eigenvalue weighted by Gasteiger charge is -2.26. The van der Waals surface area contributed by atoms with Gasteiger partial charge in [0.25, 0.3) is 0 Å². The molecule has 3 fully saturated rings. The van der Waals surface area contributed by atoms with Gasteiger partial charge in [0.15, 0.2) is 0 Å². The van der Waals surface area contributed by atoms with Crippen molar-refractivity contribution in [1.82, 2.24) is 19.6 Å². The van der Waals surface area contributed by atoms with Crippen LogP contribution in [0.15, 0.2) is 4.99 Å².